The minimum absolute atomic E-state index is 0.398. The maximum atomic E-state index is 10.4. The van der Waals surface area contributed by atoms with Crippen LogP contribution in [0.3, 0.4) is 0 Å². The lowest BCUT2D eigenvalue weighted by Crippen LogP contribution is -1.92. The molecule has 1 aromatic heterocycles. The zero-order chi connectivity index (χ0) is 9.84. The van der Waals surface area contributed by atoms with Crippen LogP contribution in [0.4, 0.5) is 0 Å². The summed E-state index contributed by atoms with van der Waals surface area (Å²) in [5.41, 5.74) is 1.16. The van der Waals surface area contributed by atoms with Gasteiger partial charge in [0.1, 0.15) is 5.69 Å². The van der Waals surface area contributed by atoms with Crippen molar-refractivity contribution in [2.75, 3.05) is 7.11 Å². The van der Waals surface area contributed by atoms with Gasteiger partial charge in [-0.3, -0.25) is 0 Å². The van der Waals surface area contributed by atoms with Gasteiger partial charge in [-0.1, -0.05) is 0 Å². The number of nitrogens with one attached hydrogen (secondary N) is 1. The number of aromatic nitrogens is 2. The number of hydrogen-bond acceptors (Lipinski definition) is 3. The van der Waals surface area contributed by atoms with Gasteiger partial charge in [-0.15, -0.1) is 0 Å². The Balaban J connectivity index is 3.00. The molecule has 2 N–H and O–H groups in total. The number of nitrogens with zero attached hydrogens (tertiary/aromatic N) is 1. The number of carbonyl (C=O) groups is 1. The van der Waals surface area contributed by atoms with Crippen molar-refractivity contribution in [3.63, 3.8) is 0 Å². The molecule has 1 aromatic rings. The average Bonchev–Trinajstić information content (AvgIpc) is 2.49. The van der Waals surface area contributed by atoms with Gasteiger partial charge in [0.05, 0.1) is 13.4 Å². The molecule has 0 amide bonds. The minimum Gasteiger partial charge on any atom is -0.479 e. The second-order valence-corrected chi connectivity index (χ2v) is 2.45. The van der Waals surface area contributed by atoms with Crippen LogP contribution in [-0.2, 0) is 4.79 Å². The van der Waals surface area contributed by atoms with E-state index in [2.05, 4.69) is 9.97 Å². The summed E-state index contributed by atoms with van der Waals surface area (Å²) in [5, 5.41) is 8.49. The van der Waals surface area contributed by atoms with Crippen LogP contribution in [0.5, 0.6) is 5.88 Å². The Morgan fingerprint density at radius 3 is 3.00 bits per heavy atom. The van der Waals surface area contributed by atoms with Crippen LogP contribution in [0.2, 0.25) is 0 Å². The molecule has 0 spiro atoms. The number of methoxy groups -OCH3 is 1. The number of hydrogen-bond donors (Lipinski definition) is 2. The number of carboxylic acid groups (broad SMARTS) is 1. The SMILES string of the molecule is COc1nc[nH]c1/C(C)=C/C(=O)O. The molecule has 0 fully saturated rings. The van der Waals surface area contributed by atoms with Crippen LogP contribution in [0.15, 0.2) is 12.4 Å². The number of allylic oxidation sites excluding steroid dienone is 1. The standard InChI is InChI=1S/C8H10N2O3/c1-5(3-6(11)12)7-8(13-2)10-4-9-7/h3-4H,1-2H3,(H,9,10)(H,11,12)/b5-3+. The molecular formula is C8H10N2O3. The van der Waals surface area contributed by atoms with Crippen molar-refractivity contribution in [1.29, 1.82) is 0 Å². The van der Waals surface area contributed by atoms with E-state index >= 15 is 0 Å². The third-order valence-corrected chi connectivity index (χ3v) is 1.53. The van der Waals surface area contributed by atoms with Gasteiger partial charge in [0.2, 0.25) is 5.88 Å². The Kier molecular flexibility index (Phi) is 2.69. The summed E-state index contributed by atoms with van der Waals surface area (Å²) in [4.78, 5) is 17.0. The van der Waals surface area contributed by atoms with Crippen molar-refractivity contribution in [3.05, 3.63) is 18.1 Å². The molecule has 5 nitrogen and oxygen atoms in total. The fourth-order valence-corrected chi connectivity index (χ4v) is 0.976. The van der Waals surface area contributed by atoms with Crippen LogP contribution >= 0.6 is 0 Å². The number of imidazole rings is 1. The topological polar surface area (TPSA) is 75.2 Å². The molecule has 1 heterocycles. The first-order chi connectivity index (χ1) is 6.15. The molecule has 1 rings (SSSR count). The van der Waals surface area contributed by atoms with Gasteiger partial charge in [0, 0.05) is 6.08 Å². The molecule has 13 heavy (non-hydrogen) atoms. The maximum absolute atomic E-state index is 10.4. The maximum Gasteiger partial charge on any atom is 0.328 e. The van der Waals surface area contributed by atoms with E-state index in [9.17, 15) is 4.79 Å². The van der Waals surface area contributed by atoms with E-state index in [1.807, 2.05) is 0 Å². The zero-order valence-corrected chi connectivity index (χ0v) is 7.37. The first-order valence-corrected chi connectivity index (χ1v) is 3.64. The number of ether oxygens (including phenoxy) is 1. The lowest BCUT2D eigenvalue weighted by Gasteiger charge is -1.99. The van der Waals surface area contributed by atoms with Crippen molar-refractivity contribution in [1.82, 2.24) is 9.97 Å². The molecule has 0 saturated carbocycles. The van der Waals surface area contributed by atoms with E-state index in [0.717, 1.165) is 6.08 Å². The lowest BCUT2D eigenvalue weighted by molar-refractivity contribution is -0.131. The molecule has 0 aliphatic heterocycles. The molecular weight excluding hydrogens is 172 g/mol. The van der Waals surface area contributed by atoms with Crippen LogP contribution < -0.4 is 4.74 Å². The van der Waals surface area contributed by atoms with Gasteiger partial charge in [-0.2, -0.15) is 0 Å². The molecule has 70 valence electrons. The highest BCUT2D eigenvalue weighted by atomic mass is 16.5. The van der Waals surface area contributed by atoms with E-state index in [1.54, 1.807) is 6.92 Å². The normalized spacial score (nSPS) is 11.4. The Morgan fingerprint density at radius 2 is 2.46 bits per heavy atom. The number of aliphatic carboxylic acids is 1. The summed E-state index contributed by atoms with van der Waals surface area (Å²) < 4.78 is 4.91. The summed E-state index contributed by atoms with van der Waals surface area (Å²) in [6.07, 6.45) is 2.55. The summed E-state index contributed by atoms with van der Waals surface area (Å²) in [6.45, 7) is 1.67. The van der Waals surface area contributed by atoms with E-state index in [4.69, 9.17) is 9.84 Å². The zero-order valence-electron chi connectivity index (χ0n) is 7.37. The quantitative estimate of drug-likeness (QED) is 0.681. The van der Waals surface area contributed by atoms with E-state index in [-0.39, 0.29) is 0 Å². The summed E-state index contributed by atoms with van der Waals surface area (Å²) in [5.74, 6) is -0.593. The van der Waals surface area contributed by atoms with Crippen LogP contribution in [0, 0.1) is 0 Å². The smallest absolute Gasteiger partial charge is 0.328 e. The number of aromatic amines is 1. The number of H-pyrrole nitrogens is 1. The summed E-state index contributed by atoms with van der Waals surface area (Å²) in [6, 6.07) is 0. The van der Waals surface area contributed by atoms with Crippen molar-refractivity contribution >= 4 is 11.5 Å². The third kappa shape index (κ3) is 2.08. The van der Waals surface area contributed by atoms with E-state index in [0.29, 0.717) is 17.1 Å². The van der Waals surface area contributed by atoms with Gasteiger partial charge in [-0.05, 0) is 12.5 Å². The lowest BCUT2D eigenvalue weighted by atomic mass is 10.2. The molecule has 0 aromatic carbocycles. The molecule has 0 saturated heterocycles. The molecule has 0 aliphatic rings. The first-order valence-electron chi connectivity index (χ1n) is 3.64. The van der Waals surface area contributed by atoms with Crippen molar-refractivity contribution < 1.29 is 14.6 Å². The highest BCUT2D eigenvalue weighted by molar-refractivity contribution is 5.89. The molecule has 0 unspecified atom stereocenters. The summed E-state index contributed by atoms with van der Waals surface area (Å²) in [7, 11) is 1.48. The largest absolute Gasteiger partial charge is 0.479 e. The van der Waals surface area contributed by atoms with Gasteiger partial charge in [0.25, 0.3) is 0 Å². The van der Waals surface area contributed by atoms with Crippen LogP contribution in [0.25, 0.3) is 5.57 Å². The second-order valence-electron chi connectivity index (χ2n) is 2.45. The minimum atomic E-state index is -0.992. The van der Waals surface area contributed by atoms with Gasteiger partial charge < -0.3 is 14.8 Å². The van der Waals surface area contributed by atoms with E-state index < -0.39 is 5.97 Å². The number of rotatable bonds is 3. The Hall–Kier alpha value is -1.78. The van der Waals surface area contributed by atoms with Crippen molar-refractivity contribution in [2.45, 2.75) is 6.92 Å². The fraction of sp³-hybridized carbons (Fsp3) is 0.250. The predicted octanol–water partition coefficient (Wildman–Crippen LogP) is 0.906. The fourth-order valence-electron chi connectivity index (χ4n) is 0.976. The monoisotopic (exact) mass is 182 g/mol. The van der Waals surface area contributed by atoms with Crippen molar-refractivity contribution in [3.8, 4) is 5.88 Å². The van der Waals surface area contributed by atoms with Crippen LogP contribution in [-0.4, -0.2) is 28.2 Å². The van der Waals surface area contributed by atoms with Gasteiger partial charge >= 0.3 is 5.97 Å². The van der Waals surface area contributed by atoms with Gasteiger partial charge in [-0.25, -0.2) is 9.78 Å². The Bertz CT molecular complexity index is 341. The van der Waals surface area contributed by atoms with E-state index in [1.165, 1.54) is 13.4 Å². The third-order valence-electron chi connectivity index (χ3n) is 1.53. The molecule has 0 aliphatic carbocycles. The van der Waals surface area contributed by atoms with Gasteiger partial charge in [0.15, 0.2) is 0 Å². The second kappa shape index (κ2) is 3.75. The summed E-state index contributed by atoms with van der Waals surface area (Å²) >= 11 is 0. The Morgan fingerprint density at radius 1 is 1.77 bits per heavy atom. The number of carboxylic acids is 1. The van der Waals surface area contributed by atoms with Crippen molar-refractivity contribution in [2.24, 2.45) is 0 Å². The molecule has 0 radical (unpaired) electrons. The van der Waals surface area contributed by atoms with Crippen LogP contribution in [0.1, 0.15) is 12.6 Å². The molecule has 5 heteroatoms. The molecule has 0 atom stereocenters. The Labute approximate surface area is 75.1 Å². The molecule has 0 bridgehead atoms. The average molecular weight is 182 g/mol. The highest BCUT2D eigenvalue weighted by Gasteiger charge is 2.07. The highest BCUT2D eigenvalue weighted by Crippen LogP contribution is 2.20. The predicted molar refractivity (Wildman–Crippen MR) is 46.4 cm³/mol. The first kappa shape index (κ1) is 9.31.